The van der Waals surface area contributed by atoms with Crippen LogP contribution in [0.4, 0.5) is 4.39 Å². The average Bonchev–Trinajstić information content (AvgIpc) is 2.44. The highest BCUT2D eigenvalue weighted by atomic mass is 19.1. The number of halogens is 1. The molecular formula is C17H21FN2O. The molecule has 0 aliphatic rings. The molecule has 0 bridgehead atoms. The number of benzene rings is 1. The molecule has 2 rings (SSSR count). The summed E-state index contributed by atoms with van der Waals surface area (Å²) < 4.78 is 19.0. The molecule has 0 aliphatic carbocycles. The summed E-state index contributed by atoms with van der Waals surface area (Å²) in [6.07, 6.45) is 0. The maximum Gasteiger partial charge on any atom is 0.142 e. The molecule has 0 atom stereocenters. The predicted octanol–water partition coefficient (Wildman–Crippen LogP) is 3.61. The van der Waals surface area contributed by atoms with Gasteiger partial charge in [-0.05, 0) is 36.8 Å². The monoisotopic (exact) mass is 288 g/mol. The highest BCUT2D eigenvalue weighted by molar-refractivity contribution is 5.30. The van der Waals surface area contributed by atoms with Crippen molar-refractivity contribution in [3.63, 3.8) is 0 Å². The topological polar surface area (TPSA) is 34.1 Å². The van der Waals surface area contributed by atoms with Gasteiger partial charge in [0.1, 0.15) is 18.2 Å². The molecule has 1 aromatic heterocycles. The second-order valence-electron chi connectivity index (χ2n) is 5.35. The summed E-state index contributed by atoms with van der Waals surface area (Å²) >= 11 is 0. The van der Waals surface area contributed by atoms with Crippen LogP contribution in [0.15, 0.2) is 36.4 Å². The van der Waals surface area contributed by atoms with Crippen molar-refractivity contribution in [3.8, 4) is 5.75 Å². The Morgan fingerprint density at radius 2 is 2.05 bits per heavy atom. The Balaban J connectivity index is 2.08. The Morgan fingerprint density at radius 3 is 2.76 bits per heavy atom. The van der Waals surface area contributed by atoms with Crippen molar-refractivity contribution in [2.24, 2.45) is 0 Å². The molecule has 3 nitrogen and oxygen atoms in total. The summed E-state index contributed by atoms with van der Waals surface area (Å²) in [4.78, 5) is 4.51. The van der Waals surface area contributed by atoms with E-state index in [1.807, 2.05) is 25.1 Å². The standard InChI is InChI=1S/C17H21FN2O/c1-12(2)19-10-16-17(8-7-13(3)20-16)21-11-14-5-4-6-15(18)9-14/h4-9,12,19H,10-11H2,1-3H3. The van der Waals surface area contributed by atoms with Crippen LogP contribution in [0.25, 0.3) is 0 Å². The van der Waals surface area contributed by atoms with Crippen molar-refractivity contribution in [3.05, 3.63) is 59.2 Å². The third-order valence-corrected chi connectivity index (χ3v) is 3.03. The van der Waals surface area contributed by atoms with E-state index in [4.69, 9.17) is 4.74 Å². The van der Waals surface area contributed by atoms with E-state index < -0.39 is 0 Å². The molecule has 4 heteroatoms. The van der Waals surface area contributed by atoms with Gasteiger partial charge in [0.15, 0.2) is 0 Å². The Labute approximate surface area is 125 Å². The quantitative estimate of drug-likeness (QED) is 0.881. The zero-order chi connectivity index (χ0) is 15.2. The van der Waals surface area contributed by atoms with Crippen LogP contribution < -0.4 is 10.1 Å². The number of aromatic nitrogens is 1. The van der Waals surface area contributed by atoms with E-state index in [-0.39, 0.29) is 5.82 Å². The Kier molecular flexibility index (Phi) is 5.28. The summed E-state index contributed by atoms with van der Waals surface area (Å²) in [5, 5.41) is 3.33. The summed E-state index contributed by atoms with van der Waals surface area (Å²) in [6, 6.07) is 10.6. The van der Waals surface area contributed by atoms with Gasteiger partial charge in [-0.1, -0.05) is 26.0 Å². The van der Waals surface area contributed by atoms with Gasteiger partial charge < -0.3 is 10.1 Å². The van der Waals surface area contributed by atoms with E-state index in [0.29, 0.717) is 19.2 Å². The van der Waals surface area contributed by atoms with Gasteiger partial charge in [0, 0.05) is 18.3 Å². The van der Waals surface area contributed by atoms with Crippen molar-refractivity contribution < 1.29 is 9.13 Å². The second kappa shape index (κ2) is 7.18. The van der Waals surface area contributed by atoms with Crippen LogP contribution in [0.2, 0.25) is 0 Å². The summed E-state index contributed by atoms with van der Waals surface area (Å²) in [7, 11) is 0. The molecule has 0 spiro atoms. The number of hydrogen-bond acceptors (Lipinski definition) is 3. The van der Waals surface area contributed by atoms with Crippen molar-refractivity contribution >= 4 is 0 Å². The van der Waals surface area contributed by atoms with Gasteiger partial charge >= 0.3 is 0 Å². The smallest absolute Gasteiger partial charge is 0.142 e. The lowest BCUT2D eigenvalue weighted by Gasteiger charge is -2.13. The first-order valence-electron chi connectivity index (χ1n) is 7.12. The fraction of sp³-hybridized carbons (Fsp3) is 0.353. The highest BCUT2D eigenvalue weighted by Crippen LogP contribution is 2.19. The highest BCUT2D eigenvalue weighted by Gasteiger charge is 2.07. The fourth-order valence-electron chi connectivity index (χ4n) is 1.94. The Bertz CT molecular complexity index is 599. The van der Waals surface area contributed by atoms with Crippen molar-refractivity contribution in [1.29, 1.82) is 0 Å². The minimum atomic E-state index is -0.250. The van der Waals surface area contributed by atoms with Crippen LogP contribution in [0.1, 0.15) is 30.8 Å². The normalized spacial score (nSPS) is 10.9. The van der Waals surface area contributed by atoms with Gasteiger partial charge in [-0.2, -0.15) is 0 Å². The number of pyridine rings is 1. The van der Waals surface area contributed by atoms with Crippen molar-refractivity contribution in [2.45, 2.75) is 40.0 Å². The first-order valence-corrected chi connectivity index (χ1v) is 7.12. The molecule has 0 unspecified atom stereocenters. The average molecular weight is 288 g/mol. The third kappa shape index (κ3) is 4.83. The summed E-state index contributed by atoms with van der Waals surface area (Å²) in [5.41, 5.74) is 2.63. The van der Waals surface area contributed by atoms with Crippen LogP contribution in [0.3, 0.4) is 0 Å². The fourth-order valence-corrected chi connectivity index (χ4v) is 1.94. The van der Waals surface area contributed by atoms with Crippen LogP contribution in [0, 0.1) is 12.7 Å². The summed E-state index contributed by atoms with van der Waals surface area (Å²) in [6.45, 7) is 7.11. The minimum Gasteiger partial charge on any atom is -0.487 e. The SMILES string of the molecule is Cc1ccc(OCc2cccc(F)c2)c(CNC(C)C)n1. The summed E-state index contributed by atoms with van der Waals surface area (Å²) in [5.74, 6) is 0.484. The molecule has 0 aliphatic heterocycles. The Morgan fingerprint density at radius 1 is 1.24 bits per heavy atom. The van der Waals surface area contributed by atoms with Crippen LogP contribution in [0.5, 0.6) is 5.75 Å². The van der Waals surface area contributed by atoms with E-state index in [2.05, 4.69) is 24.1 Å². The van der Waals surface area contributed by atoms with Crippen LogP contribution in [-0.4, -0.2) is 11.0 Å². The number of ether oxygens (including phenoxy) is 1. The zero-order valence-electron chi connectivity index (χ0n) is 12.7. The van der Waals surface area contributed by atoms with E-state index in [0.717, 1.165) is 22.7 Å². The van der Waals surface area contributed by atoms with Crippen molar-refractivity contribution in [2.75, 3.05) is 0 Å². The van der Waals surface area contributed by atoms with Crippen LogP contribution in [-0.2, 0) is 13.2 Å². The number of nitrogens with zero attached hydrogens (tertiary/aromatic N) is 1. The second-order valence-corrected chi connectivity index (χ2v) is 5.35. The van der Waals surface area contributed by atoms with Gasteiger partial charge in [0.25, 0.3) is 0 Å². The first kappa shape index (κ1) is 15.4. The van der Waals surface area contributed by atoms with Crippen molar-refractivity contribution in [1.82, 2.24) is 10.3 Å². The van der Waals surface area contributed by atoms with E-state index in [9.17, 15) is 4.39 Å². The largest absolute Gasteiger partial charge is 0.487 e. The Hall–Kier alpha value is -1.94. The van der Waals surface area contributed by atoms with Gasteiger partial charge in [-0.3, -0.25) is 4.98 Å². The molecule has 0 fully saturated rings. The van der Waals surface area contributed by atoms with Gasteiger partial charge in [0.2, 0.25) is 0 Å². The van der Waals surface area contributed by atoms with Gasteiger partial charge in [-0.15, -0.1) is 0 Å². The maximum absolute atomic E-state index is 13.2. The molecular weight excluding hydrogens is 267 g/mol. The first-order chi connectivity index (χ1) is 10.0. The van der Waals surface area contributed by atoms with E-state index in [1.165, 1.54) is 12.1 Å². The molecule has 1 heterocycles. The molecule has 21 heavy (non-hydrogen) atoms. The van der Waals surface area contributed by atoms with E-state index >= 15 is 0 Å². The predicted molar refractivity (Wildman–Crippen MR) is 81.7 cm³/mol. The molecule has 0 radical (unpaired) electrons. The van der Waals surface area contributed by atoms with Gasteiger partial charge in [0.05, 0.1) is 5.69 Å². The molecule has 0 saturated carbocycles. The lowest BCUT2D eigenvalue weighted by molar-refractivity contribution is 0.299. The number of rotatable bonds is 6. The third-order valence-electron chi connectivity index (χ3n) is 3.03. The zero-order valence-corrected chi connectivity index (χ0v) is 12.7. The number of aryl methyl sites for hydroxylation is 1. The maximum atomic E-state index is 13.2. The molecule has 1 N–H and O–H groups in total. The molecule has 112 valence electrons. The number of hydrogen-bond donors (Lipinski definition) is 1. The lowest BCUT2D eigenvalue weighted by atomic mass is 10.2. The molecule has 1 aromatic carbocycles. The van der Waals surface area contributed by atoms with Gasteiger partial charge in [-0.25, -0.2) is 4.39 Å². The molecule has 0 amide bonds. The van der Waals surface area contributed by atoms with E-state index in [1.54, 1.807) is 6.07 Å². The minimum absolute atomic E-state index is 0.250. The lowest BCUT2D eigenvalue weighted by Crippen LogP contribution is -2.23. The number of nitrogens with one attached hydrogen (secondary N) is 1. The molecule has 0 saturated heterocycles. The van der Waals surface area contributed by atoms with Crippen LogP contribution >= 0.6 is 0 Å². The molecule has 2 aromatic rings.